The van der Waals surface area contributed by atoms with Gasteiger partial charge in [-0.15, -0.1) is 0 Å². The summed E-state index contributed by atoms with van der Waals surface area (Å²) < 4.78 is 6.23. The number of benzene rings is 2. The van der Waals surface area contributed by atoms with Crippen LogP contribution in [0.4, 0.5) is 11.4 Å². The molecule has 0 saturated carbocycles. The lowest BCUT2D eigenvalue weighted by molar-refractivity contribution is -0.120. The maximum absolute atomic E-state index is 12.9. The lowest BCUT2D eigenvalue weighted by Gasteiger charge is -2.16. The summed E-state index contributed by atoms with van der Waals surface area (Å²) in [6.45, 7) is 2.32. The Bertz CT molecular complexity index is 988. The van der Waals surface area contributed by atoms with Crippen molar-refractivity contribution in [2.45, 2.75) is 19.8 Å². The fraction of sp³-hybridized carbons (Fsp3) is 0.190. The first-order valence-electron chi connectivity index (χ1n) is 9.00. The molecule has 29 heavy (non-hydrogen) atoms. The number of halogens is 2. The molecular formula is C21H18ClIN2O4. The van der Waals surface area contributed by atoms with Crippen LogP contribution in [0, 0.1) is 3.57 Å². The second-order valence-electron chi connectivity index (χ2n) is 6.31. The minimum absolute atomic E-state index is 0.00574. The van der Waals surface area contributed by atoms with Gasteiger partial charge in [-0.25, -0.2) is 9.69 Å². The molecule has 6 nitrogen and oxygen atoms in total. The van der Waals surface area contributed by atoms with Crippen LogP contribution in [0.15, 0.2) is 59.3 Å². The quantitative estimate of drug-likeness (QED) is 0.246. The molecule has 0 atom stereocenters. The summed E-state index contributed by atoms with van der Waals surface area (Å²) in [6, 6.07) is 13.5. The van der Waals surface area contributed by atoms with E-state index in [1.165, 1.54) is 6.07 Å². The van der Waals surface area contributed by atoms with Gasteiger partial charge in [-0.05, 0) is 71.5 Å². The normalized spacial score (nSPS) is 13.8. The molecule has 0 bridgehead atoms. The van der Waals surface area contributed by atoms with E-state index in [0.29, 0.717) is 12.3 Å². The van der Waals surface area contributed by atoms with Crippen molar-refractivity contribution in [3.05, 3.63) is 68.4 Å². The largest absolute Gasteiger partial charge is 0.462 e. The smallest absolute Gasteiger partial charge is 0.338 e. The van der Waals surface area contributed by atoms with Gasteiger partial charge in [0.2, 0.25) is 0 Å². The first kappa shape index (κ1) is 21.3. The van der Waals surface area contributed by atoms with Gasteiger partial charge in [-0.2, -0.15) is 0 Å². The van der Waals surface area contributed by atoms with Crippen molar-refractivity contribution in [1.29, 1.82) is 0 Å². The Balaban J connectivity index is 1.81. The van der Waals surface area contributed by atoms with Crippen molar-refractivity contribution in [3.63, 3.8) is 0 Å². The van der Waals surface area contributed by atoms with Crippen molar-refractivity contribution >= 4 is 63.4 Å². The molecule has 8 heteroatoms. The van der Waals surface area contributed by atoms with E-state index in [4.69, 9.17) is 16.3 Å². The molecule has 0 unspecified atom stereocenters. The number of amides is 2. The van der Waals surface area contributed by atoms with E-state index >= 15 is 0 Å². The summed E-state index contributed by atoms with van der Waals surface area (Å²) in [7, 11) is 0. The minimum atomic E-state index is -0.652. The third kappa shape index (κ3) is 4.79. The van der Waals surface area contributed by atoms with Gasteiger partial charge >= 0.3 is 5.97 Å². The molecule has 1 aliphatic heterocycles. The topological polar surface area (TPSA) is 75.7 Å². The number of anilines is 2. The van der Waals surface area contributed by atoms with Crippen molar-refractivity contribution in [3.8, 4) is 0 Å². The van der Waals surface area contributed by atoms with Crippen molar-refractivity contribution in [2.75, 3.05) is 16.8 Å². The third-order valence-corrected chi connectivity index (χ3v) is 5.28. The van der Waals surface area contributed by atoms with Gasteiger partial charge in [0, 0.05) is 9.26 Å². The van der Waals surface area contributed by atoms with Gasteiger partial charge in [-0.3, -0.25) is 9.59 Å². The maximum Gasteiger partial charge on any atom is 0.338 e. The van der Waals surface area contributed by atoms with Gasteiger partial charge in [0.25, 0.3) is 11.8 Å². The predicted octanol–water partition coefficient (Wildman–Crippen LogP) is 4.68. The van der Waals surface area contributed by atoms with Crippen LogP contribution in [0.5, 0.6) is 0 Å². The average molecular weight is 525 g/mol. The monoisotopic (exact) mass is 524 g/mol. The zero-order valence-electron chi connectivity index (χ0n) is 15.6. The molecule has 3 rings (SSSR count). The SMILES string of the molecule is CCCCOC(=O)c1cccc(N2C(=O)C(Cl)=C(Nc3ccc(I)cc3)C2=O)c1. The van der Waals surface area contributed by atoms with Crippen molar-refractivity contribution in [2.24, 2.45) is 0 Å². The highest BCUT2D eigenvalue weighted by Gasteiger charge is 2.39. The van der Waals surface area contributed by atoms with Crippen LogP contribution >= 0.6 is 34.2 Å². The highest BCUT2D eigenvalue weighted by atomic mass is 127. The second kappa shape index (κ2) is 9.41. The number of hydrogen-bond acceptors (Lipinski definition) is 5. The number of nitrogens with zero attached hydrogens (tertiary/aromatic N) is 1. The van der Waals surface area contributed by atoms with Gasteiger partial charge in [-0.1, -0.05) is 31.0 Å². The highest BCUT2D eigenvalue weighted by Crippen LogP contribution is 2.30. The zero-order valence-corrected chi connectivity index (χ0v) is 18.5. The Morgan fingerprint density at radius 3 is 2.55 bits per heavy atom. The van der Waals surface area contributed by atoms with E-state index in [0.717, 1.165) is 21.3 Å². The third-order valence-electron chi connectivity index (χ3n) is 4.21. The summed E-state index contributed by atoms with van der Waals surface area (Å²) in [5.74, 6) is -1.74. The van der Waals surface area contributed by atoms with Crippen LogP contribution in [0.25, 0.3) is 0 Å². The highest BCUT2D eigenvalue weighted by molar-refractivity contribution is 14.1. The van der Waals surface area contributed by atoms with E-state index < -0.39 is 17.8 Å². The Labute approximate surface area is 187 Å². The summed E-state index contributed by atoms with van der Waals surface area (Å²) in [4.78, 5) is 38.6. The molecule has 0 saturated heterocycles. The number of carbonyl (C=O) groups is 3. The lowest BCUT2D eigenvalue weighted by Crippen LogP contribution is -2.32. The number of carbonyl (C=O) groups excluding carboxylic acids is 3. The standard InChI is InChI=1S/C21H18ClIN2O4/c1-2-3-11-29-21(28)13-5-4-6-16(12-13)25-19(26)17(22)18(20(25)27)24-15-9-7-14(23)8-10-15/h4-10,12,24H,2-3,11H2,1H3. The Kier molecular flexibility index (Phi) is 6.92. The molecule has 1 aliphatic rings. The van der Waals surface area contributed by atoms with Crippen LogP contribution in [-0.2, 0) is 14.3 Å². The second-order valence-corrected chi connectivity index (χ2v) is 7.93. The molecule has 1 N–H and O–H groups in total. The van der Waals surface area contributed by atoms with Crippen LogP contribution in [-0.4, -0.2) is 24.4 Å². The molecule has 0 aromatic heterocycles. The molecule has 2 aromatic rings. The Morgan fingerprint density at radius 2 is 1.86 bits per heavy atom. The average Bonchev–Trinajstić information content (AvgIpc) is 2.93. The predicted molar refractivity (Wildman–Crippen MR) is 120 cm³/mol. The van der Waals surface area contributed by atoms with Gasteiger partial charge in [0.1, 0.15) is 10.7 Å². The van der Waals surface area contributed by atoms with Crippen LogP contribution in [0.3, 0.4) is 0 Å². The van der Waals surface area contributed by atoms with E-state index in [1.54, 1.807) is 30.3 Å². The molecular weight excluding hydrogens is 507 g/mol. The fourth-order valence-corrected chi connectivity index (χ4v) is 3.26. The number of nitrogens with one attached hydrogen (secondary N) is 1. The molecule has 0 aliphatic carbocycles. The van der Waals surface area contributed by atoms with Gasteiger partial charge < -0.3 is 10.1 Å². The van der Waals surface area contributed by atoms with E-state index in [2.05, 4.69) is 27.9 Å². The van der Waals surface area contributed by atoms with Crippen LogP contribution in [0.1, 0.15) is 30.1 Å². The Morgan fingerprint density at radius 1 is 1.14 bits per heavy atom. The first-order chi connectivity index (χ1) is 13.9. The molecule has 2 amide bonds. The lowest BCUT2D eigenvalue weighted by atomic mass is 10.2. The van der Waals surface area contributed by atoms with Gasteiger partial charge in [0.05, 0.1) is 17.9 Å². The molecule has 1 heterocycles. The number of imide groups is 1. The zero-order chi connectivity index (χ0) is 21.0. The number of esters is 1. The summed E-state index contributed by atoms with van der Waals surface area (Å²) in [5, 5.41) is 2.71. The van der Waals surface area contributed by atoms with E-state index in [-0.39, 0.29) is 22.0 Å². The van der Waals surface area contributed by atoms with E-state index in [9.17, 15) is 14.4 Å². The molecule has 2 aromatic carbocycles. The van der Waals surface area contributed by atoms with Gasteiger partial charge in [0.15, 0.2) is 0 Å². The van der Waals surface area contributed by atoms with Crippen molar-refractivity contribution < 1.29 is 19.1 Å². The number of rotatable bonds is 7. The minimum Gasteiger partial charge on any atom is -0.462 e. The first-order valence-corrected chi connectivity index (χ1v) is 10.5. The molecule has 150 valence electrons. The summed E-state index contributed by atoms with van der Waals surface area (Å²) in [6.07, 6.45) is 1.67. The maximum atomic E-state index is 12.9. The molecule has 0 fully saturated rings. The number of ether oxygens (including phenoxy) is 1. The van der Waals surface area contributed by atoms with Crippen LogP contribution in [0.2, 0.25) is 0 Å². The summed E-state index contributed by atoms with van der Waals surface area (Å²) in [5.41, 5.74) is 1.14. The molecule has 0 radical (unpaired) electrons. The molecule has 0 spiro atoms. The van der Waals surface area contributed by atoms with E-state index in [1.807, 2.05) is 19.1 Å². The Hall–Kier alpha value is -2.39. The summed E-state index contributed by atoms with van der Waals surface area (Å²) >= 11 is 8.32. The van der Waals surface area contributed by atoms with Crippen molar-refractivity contribution in [1.82, 2.24) is 0 Å². The number of unbranched alkanes of at least 4 members (excludes halogenated alkanes) is 1. The fourth-order valence-electron chi connectivity index (χ4n) is 2.69. The number of hydrogen-bond donors (Lipinski definition) is 1. The van der Waals surface area contributed by atoms with Crippen LogP contribution < -0.4 is 10.2 Å².